The molecule has 1 aromatic rings. The Bertz CT molecular complexity index is 422. The number of amides is 1. The zero-order valence-electron chi connectivity index (χ0n) is 9.08. The van der Waals surface area contributed by atoms with Crippen molar-refractivity contribution in [2.45, 2.75) is 0 Å². The van der Waals surface area contributed by atoms with Crippen LogP contribution in [-0.2, 0) is 0 Å². The molecule has 1 amide bonds. The Labute approximate surface area is 113 Å². The van der Waals surface area contributed by atoms with Gasteiger partial charge in [-0.05, 0) is 28.1 Å². The van der Waals surface area contributed by atoms with Crippen molar-refractivity contribution in [2.24, 2.45) is 0 Å². The average molecular weight is 320 g/mol. The molecular formula is C11H12BrClN2O2. The quantitative estimate of drug-likeness (QED) is 0.865. The fourth-order valence-electron chi connectivity index (χ4n) is 1.55. The van der Waals surface area contributed by atoms with Gasteiger partial charge in [-0.2, -0.15) is 0 Å². The lowest BCUT2D eigenvalue weighted by atomic mass is 10.3. The van der Waals surface area contributed by atoms with E-state index in [9.17, 15) is 4.79 Å². The van der Waals surface area contributed by atoms with Gasteiger partial charge in [0.25, 0.3) is 0 Å². The smallest absolute Gasteiger partial charge is 0.410 e. The number of ether oxygens (including phenoxy) is 1. The minimum absolute atomic E-state index is 0.329. The van der Waals surface area contributed by atoms with E-state index >= 15 is 0 Å². The third kappa shape index (κ3) is 3.34. The molecule has 0 radical (unpaired) electrons. The molecule has 1 saturated heterocycles. The van der Waals surface area contributed by atoms with Crippen molar-refractivity contribution in [1.29, 1.82) is 0 Å². The molecule has 0 unspecified atom stereocenters. The summed E-state index contributed by atoms with van der Waals surface area (Å²) in [7, 11) is 0. The van der Waals surface area contributed by atoms with Gasteiger partial charge in [-0.3, -0.25) is 0 Å². The number of rotatable bonds is 1. The van der Waals surface area contributed by atoms with E-state index in [1.165, 1.54) is 0 Å². The van der Waals surface area contributed by atoms with E-state index in [2.05, 4.69) is 21.2 Å². The molecule has 1 aliphatic heterocycles. The van der Waals surface area contributed by atoms with Crippen molar-refractivity contribution in [3.8, 4) is 5.75 Å². The van der Waals surface area contributed by atoms with Gasteiger partial charge in [0.1, 0.15) is 5.75 Å². The van der Waals surface area contributed by atoms with Crippen molar-refractivity contribution in [2.75, 3.05) is 26.2 Å². The van der Waals surface area contributed by atoms with E-state index in [0.717, 1.165) is 17.6 Å². The number of nitrogens with zero attached hydrogens (tertiary/aromatic N) is 1. The van der Waals surface area contributed by atoms with Gasteiger partial charge in [-0.25, -0.2) is 4.79 Å². The number of halogens is 2. The molecule has 92 valence electrons. The Kier molecular flexibility index (Phi) is 4.25. The molecule has 1 fully saturated rings. The van der Waals surface area contributed by atoms with Crippen molar-refractivity contribution < 1.29 is 9.53 Å². The van der Waals surface area contributed by atoms with E-state index in [-0.39, 0.29) is 6.09 Å². The molecule has 6 heteroatoms. The highest BCUT2D eigenvalue weighted by Gasteiger charge is 2.18. The van der Waals surface area contributed by atoms with Crippen LogP contribution in [0.15, 0.2) is 22.7 Å². The minimum Gasteiger partial charge on any atom is -0.410 e. The van der Waals surface area contributed by atoms with Crippen LogP contribution >= 0.6 is 27.5 Å². The highest BCUT2D eigenvalue weighted by molar-refractivity contribution is 9.10. The first-order valence-electron chi connectivity index (χ1n) is 5.29. The molecule has 0 spiro atoms. The Morgan fingerprint density at radius 1 is 1.41 bits per heavy atom. The van der Waals surface area contributed by atoms with Gasteiger partial charge in [0.2, 0.25) is 0 Å². The van der Waals surface area contributed by atoms with Crippen molar-refractivity contribution in [1.82, 2.24) is 10.2 Å². The lowest BCUT2D eigenvalue weighted by Gasteiger charge is -2.26. The maximum Gasteiger partial charge on any atom is 0.415 e. The molecule has 1 heterocycles. The van der Waals surface area contributed by atoms with Gasteiger partial charge < -0.3 is 15.0 Å². The second-order valence-corrected chi connectivity index (χ2v) is 4.94. The van der Waals surface area contributed by atoms with Gasteiger partial charge >= 0.3 is 6.09 Å². The molecule has 0 aliphatic carbocycles. The number of hydrogen-bond donors (Lipinski definition) is 1. The van der Waals surface area contributed by atoms with Crippen molar-refractivity contribution >= 4 is 33.6 Å². The van der Waals surface area contributed by atoms with E-state index in [4.69, 9.17) is 16.3 Å². The van der Waals surface area contributed by atoms with Crippen LogP contribution in [-0.4, -0.2) is 37.2 Å². The fraction of sp³-hybridized carbons (Fsp3) is 0.364. The minimum atomic E-state index is -0.329. The zero-order valence-corrected chi connectivity index (χ0v) is 11.4. The predicted octanol–water partition coefficient (Wildman–Crippen LogP) is 2.51. The van der Waals surface area contributed by atoms with Crippen LogP contribution in [0.2, 0.25) is 5.02 Å². The molecule has 1 aromatic carbocycles. The number of carbonyl (C=O) groups excluding carboxylic acids is 1. The normalized spacial score (nSPS) is 15.8. The fourth-order valence-corrected chi connectivity index (χ4v) is 1.97. The second-order valence-electron chi connectivity index (χ2n) is 3.68. The molecular weight excluding hydrogens is 307 g/mol. The van der Waals surface area contributed by atoms with Gasteiger partial charge in [0.15, 0.2) is 0 Å². The summed E-state index contributed by atoms with van der Waals surface area (Å²) >= 11 is 9.20. The van der Waals surface area contributed by atoms with Crippen LogP contribution in [0.1, 0.15) is 0 Å². The molecule has 17 heavy (non-hydrogen) atoms. The highest BCUT2D eigenvalue weighted by Crippen LogP contribution is 2.27. The van der Waals surface area contributed by atoms with E-state index in [1.54, 1.807) is 23.1 Å². The number of nitrogens with one attached hydrogen (secondary N) is 1. The van der Waals surface area contributed by atoms with E-state index in [1.807, 2.05) is 0 Å². The Morgan fingerprint density at radius 2 is 2.12 bits per heavy atom. The molecule has 1 aliphatic rings. The molecule has 0 aromatic heterocycles. The molecule has 0 saturated carbocycles. The van der Waals surface area contributed by atoms with Crippen LogP contribution in [0.5, 0.6) is 5.75 Å². The number of benzene rings is 1. The van der Waals surface area contributed by atoms with Gasteiger partial charge in [0.05, 0.1) is 5.02 Å². The Balaban J connectivity index is 1.99. The van der Waals surface area contributed by atoms with Gasteiger partial charge in [-0.15, -0.1) is 0 Å². The summed E-state index contributed by atoms with van der Waals surface area (Å²) in [5, 5.41) is 3.70. The lowest BCUT2D eigenvalue weighted by molar-refractivity contribution is 0.146. The average Bonchev–Trinajstić information content (AvgIpc) is 2.35. The second kappa shape index (κ2) is 5.71. The summed E-state index contributed by atoms with van der Waals surface area (Å²) in [6.07, 6.45) is -0.329. The van der Waals surface area contributed by atoms with Crippen LogP contribution < -0.4 is 10.1 Å². The summed E-state index contributed by atoms with van der Waals surface area (Å²) in [5.74, 6) is 0.460. The van der Waals surface area contributed by atoms with Crippen LogP contribution in [0, 0.1) is 0 Å². The van der Waals surface area contributed by atoms with Crippen LogP contribution in [0.25, 0.3) is 0 Å². The summed E-state index contributed by atoms with van der Waals surface area (Å²) < 4.78 is 6.02. The van der Waals surface area contributed by atoms with Crippen LogP contribution in [0.4, 0.5) is 4.79 Å². The topological polar surface area (TPSA) is 41.6 Å². The largest absolute Gasteiger partial charge is 0.415 e. The third-order valence-electron chi connectivity index (χ3n) is 2.47. The molecule has 2 rings (SSSR count). The first kappa shape index (κ1) is 12.7. The molecule has 4 nitrogen and oxygen atoms in total. The molecule has 0 bridgehead atoms. The van der Waals surface area contributed by atoms with Gasteiger partial charge in [-0.1, -0.05) is 11.6 Å². The Hall–Kier alpha value is -0.780. The van der Waals surface area contributed by atoms with E-state index < -0.39 is 0 Å². The third-order valence-corrected chi connectivity index (χ3v) is 3.70. The van der Waals surface area contributed by atoms with Crippen molar-refractivity contribution in [3.63, 3.8) is 0 Å². The maximum atomic E-state index is 11.8. The Morgan fingerprint density at radius 3 is 2.76 bits per heavy atom. The summed E-state index contributed by atoms with van der Waals surface area (Å²) in [6.45, 7) is 2.94. The molecule has 1 N–H and O–H groups in total. The maximum absolute atomic E-state index is 11.8. The first-order chi connectivity index (χ1) is 8.16. The van der Waals surface area contributed by atoms with E-state index in [0.29, 0.717) is 23.9 Å². The van der Waals surface area contributed by atoms with Crippen LogP contribution in [0.3, 0.4) is 0 Å². The highest BCUT2D eigenvalue weighted by atomic mass is 79.9. The van der Waals surface area contributed by atoms with Crippen molar-refractivity contribution in [3.05, 3.63) is 27.7 Å². The summed E-state index contributed by atoms with van der Waals surface area (Å²) in [6, 6.07) is 5.07. The monoisotopic (exact) mass is 318 g/mol. The number of carbonyl (C=O) groups is 1. The predicted molar refractivity (Wildman–Crippen MR) is 69.6 cm³/mol. The number of piperazine rings is 1. The SMILES string of the molecule is O=C(Oc1ccc(Br)c(Cl)c1)N1CCNCC1. The summed E-state index contributed by atoms with van der Waals surface area (Å²) in [4.78, 5) is 13.5. The van der Waals surface area contributed by atoms with Gasteiger partial charge in [0, 0.05) is 36.7 Å². The number of hydrogen-bond acceptors (Lipinski definition) is 3. The zero-order chi connectivity index (χ0) is 12.3. The standard InChI is InChI=1S/C11H12BrClN2O2/c12-9-2-1-8(7-10(9)13)17-11(16)15-5-3-14-4-6-15/h1-2,7,14H,3-6H2. The summed E-state index contributed by atoms with van der Waals surface area (Å²) in [5.41, 5.74) is 0. The molecule has 0 atom stereocenters. The lowest BCUT2D eigenvalue weighted by Crippen LogP contribution is -2.47. The first-order valence-corrected chi connectivity index (χ1v) is 6.46.